The molecule has 0 atom stereocenters. The predicted molar refractivity (Wildman–Crippen MR) is 103 cm³/mol. The molecule has 0 heterocycles. The van der Waals surface area contributed by atoms with Gasteiger partial charge in [-0.15, -0.1) is 0 Å². The van der Waals surface area contributed by atoms with E-state index in [1.807, 2.05) is 13.8 Å². The lowest BCUT2D eigenvalue weighted by Crippen LogP contribution is -2.54. The average Bonchev–Trinajstić information content (AvgIpc) is 2.37. The van der Waals surface area contributed by atoms with Gasteiger partial charge < -0.3 is 0 Å². The first-order chi connectivity index (χ1) is 9.66. The molecule has 0 nitrogen and oxygen atoms in total. The molecule has 1 aromatic carbocycles. The number of rotatable bonds is 4. The van der Waals surface area contributed by atoms with Gasteiger partial charge in [0.2, 0.25) is 8.13 Å². The second-order valence-corrected chi connectivity index (χ2v) is 11.1. The second kappa shape index (κ2) is 7.22. The molecule has 0 aliphatic carbocycles. The molecule has 0 aliphatic heterocycles. The first-order valence-electron chi connectivity index (χ1n) is 5.77. The summed E-state index contributed by atoms with van der Waals surface area (Å²) in [4.78, 5) is 0. The normalized spacial score (nSPS) is 14.5. The smallest absolute Gasteiger partial charge is 0.0943 e. The van der Waals surface area contributed by atoms with Crippen molar-refractivity contribution >= 4 is 104 Å². The summed E-state index contributed by atoms with van der Waals surface area (Å²) >= 11 is 54.4. The molecule has 9 heteroatoms. The Hall–Kier alpha value is 1.83. The van der Waals surface area contributed by atoms with Gasteiger partial charge in [-0.05, 0) is 17.0 Å². The van der Waals surface area contributed by atoms with Gasteiger partial charge in [-0.2, -0.15) is 0 Å². The van der Waals surface area contributed by atoms with Crippen molar-refractivity contribution in [3.8, 4) is 0 Å². The minimum atomic E-state index is -2.29. The van der Waals surface area contributed by atoms with E-state index in [1.165, 1.54) is 0 Å². The van der Waals surface area contributed by atoms with Crippen LogP contribution in [0.25, 0.3) is 0 Å². The van der Waals surface area contributed by atoms with E-state index in [0.29, 0.717) is 5.56 Å². The van der Waals surface area contributed by atoms with E-state index in [4.69, 9.17) is 104 Å². The van der Waals surface area contributed by atoms with Crippen LogP contribution in [0, 0.1) is 5.92 Å². The van der Waals surface area contributed by atoms with Gasteiger partial charge in [-0.3, -0.25) is 0 Å². The van der Waals surface area contributed by atoms with Gasteiger partial charge in [0.25, 0.3) is 0 Å². The minimum Gasteiger partial charge on any atom is -0.0943 e. The van der Waals surface area contributed by atoms with Crippen LogP contribution < -0.4 is 0 Å². The van der Waals surface area contributed by atoms with Crippen molar-refractivity contribution in [2.75, 3.05) is 0 Å². The molecule has 0 N–H and O–H groups in total. The third-order valence-corrected chi connectivity index (χ3v) is 8.45. The average molecular weight is 485 g/mol. The zero-order chi connectivity index (χ0) is 17.6. The van der Waals surface area contributed by atoms with Crippen LogP contribution in [0.3, 0.4) is 0 Å². The molecule has 1 radical (unpaired) electrons. The maximum atomic E-state index is 6.33. The Balaban J connectivity index is 3.32. The molecule has 0 fully saturated rings. The summed E-state index contributed by atoms with van der Waals surface area (Å²) in [6.45, 7) is 3.92. The van der Waals surface area contributed by atoms with Crippen LogP contribution >= 0.6 is 104 Å². The standard InChI is InChI=1S/C13H10Cl9/c1-7(2)8-3-5-9(6-4-8)10(14,15)11(16,17)12(18,19)13(20,21)22/h3-6H,1-2H3. The highest BCUT2D eigenvalue weighted by atomic mass is 35.6. The summed E-state index contributed by atoms with van der Waals surface area (Å²) in [7, 11) is 0. The van der Waals surface area contributed by atoms with E-state index in [2.05, 4.69) is 0 Å². The summed E-state index contributed by atoms with van der Waals surface area (Å²) < 4.78 is -8.70. The van der Waals surface area contributed by atoms with Crippen LogP contribution in [-0.4, -0.2) is 12.5 Å². The number of alkyl halides is 9. The van der Waals surface area contributed by atoms with Crippen molar-refractivity contribution < 1.29 is 0 Å². The van der Waals surface area contributed by atoms with E-state index in [0.717, 1.165) is 11.5 Å². The van der Waals surface area contributed by atoms with Crippen LogP contribution in [0.2, 0.25) is 0 Å². The predicted octanol–water partition coefficient (Wildman–Crippen LogP) is 8.00. The van der Waals surface area contributed by atoms with Crippen molar-refractivity contribution in [3.63, 3.8) is 0 Å². The number of hydrogen-bond acceptors (Lipinski definition) is 0. The molecule has 0 saturated carbocycles. The summed E-state index contributed by atoms with van der Waals surface area (Å²) in [6.07, 6.45) is 0. The number of hydrogen-bond donors (Lipinski definition) is 0. The minimum absolute atomic E-state index is 0.353. The number of benzene rings is 1. The molecular formula is C13H10Cl9. The van der Waals surface area contributed by atoms with Crippen LogP contribution in [0.15, 0.2) is 24.3 Å². The third-order valence-electron chi connectivity index (χ3n) is 2.97. The first-order valence-corrected chi connectivity index (χ1v) is 9.17. The SMILES string of the molecule is C[C](C)c1ccc(C(Cl)(Cl)C(Cl)(Cl)C(Cl)(Cl)C(Cl)(Cl)Cl)cc1. The molecule has 125 valence electrons. The van der Waals surface area contributed by atoms with E-state index in [9.17, 15) is 0 Å². The van der Waals surface area contributed by atoms with E-state index < -0.39 is 16.8 Å². The van der Waals surface area contributed by atoms with Gasteiger partial charge in [0, 0.05) is 0 Å². The van der Waals surface area contributed by atoms with Gasteiger partial charge in [0.15, 0.2) is 8.67 Å². The Kier molecular flexibility index (Phi) is 7.17. The van der Waals surface area contributed by atoms with Gasteiger partial charge in [0.05, 0.1) is 0 Å². The Morgan fingerprint density at radius 2 is 1.09 bits per heavy atom. The maximum Gasteiger partial charge on any atom is 0.226 e. The lowest BCUT2D eigenvalue weighted by Gasteiger charge is -2.44. The molecule has 0 saturated heterocycles. The Labute approximate surface area is 175 Å². The molecule has 22 heavy (non-hydrogen) atoms. The number of halogens is 9. The molecule has 0 bridgehead atoms. The maximum absolute atomic E-state index is 6.33. The summed E-state index contributed by atoms with van der Waals surface area (Å²) in [5.74, 6) is 1.11. The van der Waals surface area contributed by atoms with Crippen molar-refractivity contribution in [1.82, 2.24) is 0 Å². The van der Waals surface area contributed by atoms with Crippen molar-refractivity contribution in [2.45, 2.75) is 30.6 Å². The van der Waals surface area contributed by atoms with Crippen LogP contribution in [0.1, 0.15) is 25.0 Å². The summed E-state index contributed by atoms with van der Waals surface area (Å²) in [6, 6.07) is 6.88. The van der Waals surface area contributed by atoms with Gasteiger partial charge >= 0.3 is 0 Å². The molecule has 0 aliphatic rings. The lowest BCUT2D eigenvalue weighted by atomic mass is 9.99. The fraction of sp³-hybridized carbons (Fsp3) is 0.462. The summed E-state index contributed by atoms with van der Waals surface area (Å²) in [5.41, 5.74) is 1.35. The molecule has 1 aromatic rings. The van der Waals surface area contributed by atoms with Crippen LogP contribution in [-0.2, 0) is 4.33 Å². The van der Waals surface area contributed by atoms with E-state index >= 15 is 0 Å². The quantitative estimate of drug-likeness (QED) is 0.379. The molecular weight excluding hydrogens is 475 g/mol. The first kappa shape index (κ1) is 21.9. The Morgan fingerprint density at radius 1 is 0.682 bits per heavy atom. The largest absolute Gasteiger partial charge is 0.226 e. The molecule has 0 amide bonds. The van der Waals surface area contributed by atoms with Gasteiger partial charge in [0.1, 0.15) is 0 Å². The Morgan fingerprint density at radius 3 is 1.41 bits per heavy atom. The molecule has 1 rings (SSSR count). The fourth-order valence-electron chi connectivity index (χ4n) is 1.57. The second-order valence-electron chi connectivity index (χ2n) is 4.80. The highest BCUT2D eigenvalue weighted by Crippen LogP contribution is 2.65. The highest BCUT2D eigenvalue weighted by molar-refractivity contribution is 6.80. The fourth-order valence-corrected chi connectivity index (χ4v) is 3.80. The zero-order valence-electron chi connectivity index (χ0n) is 11.2. The monoisotopic (exact) mass is 481 g/mol. The molecule has 0 spiro atoms. The highest BCUT2D eigenvalue weighted by Gasteiger charge is 2.68. The Bertz CT molecular complexity index is 511. The lowest BCUT2D eigenvalue weighted by molar-refractivity contribution is 0.600. The van der Waals surface area contributed by atoms with Gasteiger partial charge in [-0.25, -0.2) is 0 Å². The topological polar surface area (TPSA) is 0 Å². The van der Waals surface area contributed by atoms with Crippen molar-refractivity contribution in [3.05, 3.63) is 41.3 Å². The van der Waals surface area contributed by atoms with Crippen LogP contribution in [0.5, 0.6) is 0 Å². The zero-order valence-corrected chi connectivity index (χ0v) is 18.0. The third kappa shape index (κ3) is 3.97. The van der Waals surface area contributed by atoms with E-state index in [-0.39, 0.29) is 0 Å². The van der Waals surface area contributed by atoms with E-state index in [1.54, 1.807) is 24.3 Å². The van der Waals surface area contributed by atoms with Crippen molar-refractivity contribution in [2.24, 2.45) is 0 Å². The van der Waals surface area contributed by atoms with Crippen molar-refractivity contribution in [1.29, 1.82) is 0 Å². The molecule has 0 aromatic heterocycles. The van der Waals surface area contributed by atoms with Gasteiger partial charge in [-0.1, -0.05) is 143 Å². The molecule has 0 unspecified atom stereocenters. The van der Waals surface area contributed by atoms with Crippen LogP contribution in [0.4, 0.5) is 0 Å². The summed E-state index contributed by atoms with van der Waals surface area (Å²) in [5, 5.41) is 0.